The molecule has 1 amide bonds. The molecular formula is C21H35NO9. The fraction of sp³-hybridized carbons (Fsp3) is 0.810. The minimum Gasteiger partial charge on any atom is -0.463 e. The lowest BCUT2D eigenvalue weighted by Crippen LogP contribution is -2.66. The van der Waals surface area contributed by atoms with Gasteiger partial charge in [-0.25, -0.2) is 0 Å². The van der Waals surface area contributed by atoms with Crippen LogP contribution in [0.2, 0.25) is 0 Å². The van der Waals surface area contributed by atoms with Crippen molar-refractivity contribution in [1.82, 2.24) is 5.32 Å². The van der Waals surface area contributed by atoms with Crippen molar-refractivity contribution >= 4 is 23.8 Å². The van der Waals surface area contributed by atoms with Gasteiger partial charge in [-0.3, -0.25) is 19.2 Å². The first-order chi connectivity index (χ1) is 14.5. The molecule has 0 aliphatic carbocycles. The van der Waals surface area contributed by atoms with E-state index in [9.17, 15) is 19.2 Å². The van der Waals surface area contributed by atoms with E-state index in [4.69, 9.17) is 23.7 Å². The second-order valence-corrected chi connectivity index (χ2v) is 7.98. The van der Waals surface area contributed by atoms with Crippen molar-refractivity contribution in [3.05, 3.63) is 0 Å². The van der Waals surface area contributed by atoms with Crippen molar-refractivity contribution in [2.24, 2.45) is 5.92 Å². The molecule has 1 N–H and O–H groups in total. The SMILES string of the molecule is CC(=O)NC1C(OCCCCC(C)C)OC(COC(C)=O)C(OC(C)=O)C1OC(C)=O. The predicted molar refractivity (Wildman–Crippen MR) is 109 cm³/mol. The summed E-state index contributed by atoms with van der Waals surface area (Å²) < 4.78 is 27.6. The van der Waals surface area contributed by atoms with Crippen molar-refractivity contribution in [1.29, 1.82) is 0 Å². The summed E-state index contributed by atoms with van der Waals surface area (Å²) >= 11 is 0. The van der Waals surface area contributed by atoms with Crippen LogP contribution < -0.4 is 5.32 Å². The Labute approximate surface area is 183 Å². The van der Waals surface area contributed by atoms with Crippen LogP contribution in [0.4, 0.5) is 0 Å². The average molecular weight is 446 g/mol. The normalized spacial score (nSPS) is 25.6. The summed E-state index contributed by atoms with van der Waals surface area (Å²) in [5.41, 5.74) is 0. The van der Waals surface area contributed by atoms with Crippen LogP contribution in [-0.4, -0.2) is 67.7 Å². The molecule has 1 rings (SSSR count). The molecule has 1 aliphatic rings. The molecule has 10 nitrogen and oxygen atoms in total. The molecule has 5 atom stereocenters. The smallest absolute Gasteiger partial charge is 0.303 e. The number of unbranched alkanes of at least 4 members (excludes halogenated alkanes) is 1. The summed E-state index contributed by atoms with van der Waals surface area (Å²) in [5, 5.41) is 2.67. The zero-order chi connectivity index (χ0) is 23.6. The van der Waals surface area contributed by atoms with Gasteiger partial charge in [0.05, 0.1) is 0 Å². The highest BCUT2D eigenvalue weighted by Crippen LogP contribution is 2.28. The highest BCUT2D eigenvalue weighted by Gasteiger charge is 2.51. The summed E-state index contributed by atoms with van der Waals surface area (Å²) in [6.07, 6.45) is -1.40. The van der Waals surface area contributed by atoms with Crippen LogP contribution in [0.5, 0.6) is 0 Å². The zero-order valence-corrected chi connectivity index (χ0v) is 19.2. The third-order valence-electron chi connectivity index (χ3n) is 4.53. The van der Waals surface area contributed by atoms with Gasteiger partial charge in [0.2, 0.25) is 5.91 Å². The summed E-state index contributed by atoms with van der Waals surface area (Å²) in [7, 11) is 0. The number of amides is 1. The molecule has 1 saturated heterocycles. The number of hydrogen-bond acceptors (Lipinski definition) is 9. The first-order valence-electron chi connectivity index (χ1n) is 10.5. The first-order valence-corrected chi connectivity index (χ1v) is 10.5. The van der Waals surface area contributed by atoms with E-state index >= 15 is 0 Å². The molecule has 0 bridgehead atoms. The molecule has 10 heteroatoms. The largest absolute Gasteiger partial charge is 0.463 e. The van der Waals surface area contributed by atoms with E-state index in [2.05, 4.69) is 19.2 Å². The molecule has 0 spiro atoms. The summed E-state index contributed by atoms with van der Waals surface area (Å²) in [5.74, 6) is -1.66. The molecule has 1 aliphatic heterocycles. The van der Waals surface area contributed by atoms with Gasteiger partial charge < -0.3 is 29.0 Å². The van der Waals surface area contributed by atoms with E-state index in [1.165, 1.54) is 27.7 Å². The summed E-state index contributed by atoms with van der Waals surface area (Å²) in [4.78, 5) is 46.6. The Hall–Kier alpha value is -2.20. The van der Waals surface area contributed by atoms with Crippen LogP contribution in [0.3, 0.4) is 0 Å². The van der Waals surface area contributed by atoms with Crippen molar-refractivity contribution in [2.75, 3.05) is 13.2 Å². The minimum atomic E-state index is -1.11. The van der Waals surface area contributed by atoms with Crippen LogP contribution in [0.15, 0.2) is 0 Å². The molecule has 0 aromatic heterocycles. The quantitative estimate of drug-likeness (QED) is 0.286. The first kappa shape index (κ1) is 26.8. The topological polar surface area (TPSA) is 126 Å². The molecule has 0 aromatic carbocycles. The van der Waals surface area contributed by atoms with Gasteiger partial charge in [-0.05, 0) is 12.3 Å². The molecule has 1 heterocycles. The maximum atomic E-state index is 11.8. The van der Waals surface area contributed by atoms with E-state index in [1.807, 2.05) is 0 Å². The molecule has 31 heavy (non-hydrogen) atoms. The van der Waals surface area contributed by atoms with Crippen LogP contribution in [0.25, 0.3) is 0 Å². The van der Waals surface area contributed by atoms with E-state index in [0.717, 1.165) is 19.3 Å². The second-order valence-electron chi connectivity index (χ2n) is 7.98. The van der Waals surface area contributed by atoms with Gasteiger partial charge in [-0.1, -0.05) is 26.7 Å². The number of nitrogens with one attached hydrogen (secondary N) is 1. The van der Waals surface area contributed by atoms with Gasteiger partial charge in [0.15, 0.2) is 18.5 Å². The van der Waals surface area contributed by atoms with Gasteiger partial charge >= 0.3 is 17.9 Å². The fourth-order valence-electron chi connectivity index (χ4n) is 3.29. The Morgan fingerprint density at radius 1 is 0.903 bits per heavy atom. The zero-order valence-electron chi connectivity index (χ0n) is 19.2. The third kappa shape index (κ3) is 10.1. The van der Waals surface area contributed by atoms with Gasteiger partial charge in [0.25, 0.3) is 0 Å². The van der Waals surface area contributed by atoms with E-state index < -0.39 is 54.5 Å². The average Bonchev–Trinajstić information content (AvgIpc) is 2.62. The minimum absolute atomic E-state index is 0.245. The Balaban J connectivity index is 3.10. The van der Waals surface area contributed by atoms with Crippen molar-refractivity contribution < 1.29 is 42.9 Å². The van der Waals surface area contributed by atoms with Crippen molar-refractivity contribution in [3.8, 4) is 0 Å². The molecular weight excluding hydrogens is 410 g/mol. The summed E-state index contributed by atoms with van der Waals surface area (Å²) in [6.45, 7) is 9.30. The lowest BCUT2D eigenvalue weighted by atomic mass is 9.96. The lowest BCUT2D eigenvalue weighted by Gasteiger charge is -2.44. The van der Waals surface area contributed by atoms with Crippen molar-refractivity contribution in [2.45, 2.75) is 91.4 Å². The van der Waals surface area contributed by atoms with E-state index in [0.29, 0.717) is 12.5 Å². The maximum absolute atomic E-state index is 11.8. The number of esters is 3. The number of hydrogen-bond donors (Lipinski definition) is 1. The Bertz CT molecular complexity index is 622. The van der Waals surface area contributed by atoms with Gasteiger partial charge in [0.1, 0.15) is 18.8 Å². The number of ether oxygens (including phenoxy) is 5. The number of carbonyl (C=O) groups is 4. The lowest BCUT2D eigenvalue weighted by molar-refractivity contribution is -0.277. The Morgan fingerprint density at radius 3 is 2.03 bits per heavy atom. The van der Waals surface area contributed by atoms with Crippen LogP contribution in [-0.2, 0) is 42.9 Å². The Morgan fingerprint density at radius 2 is 1.52 bits per heavy atom. The third-order valence-corrected chi connectivity index (χ3v) is 4.53. The van der Waals surface area contributed by atoms with Gasteiger partial charge in [0, 0.05) is 34.3 Å². The molecule has 5 unspecified atom stereocenters. The number of rotatable bonds is 11. The Kier molecular flexibility index (Phi) is 11.5. The van der Waals surface area contributed by atoms with E-state index in [-0.39, 0.29) is 6.61 Å². The fourth-order valence-corrected chi connectivity index (χ4v) is 3.29. The highest BCUT2D eigenvalue weighted by atomic mass is 16.7. The van der Waals surface area contributed by atoms with E-state index in [1.54, 1.807) is 0 Å². The molecule has 0 radical (unpaired) electrons. The number of carbonyl (C=O) groups excluding carboxylic acids is 4. The maximum Gasteiger partial charge on any atom is 0.303 e. The molecule has 0 saturated carbocycles. The predicted octanol–water partition coefficient (Wildman–Crippen LogP) is 1.49. The van der Waals surface area contributed by atoms with Gasteiger partial charge in [-0.15, -0.1) is 0 Å². The van der Waals surface area contributed by atoms with Gasteiger partial charge in [-0.2, -0.15) is 0 Å². The standard InChI is InChI=1S/C21H35NO9/c1-12(2)9-7-8-10-27-21-18(22-13(3)23)20(30-16(6)26)19(29-15(5)25)17(31-21)11-28-14(4)24/h12,17-21H,7-11H2,1-6H3,(H,22,23). The van der Waals surface area contributed by atoms with Crippen molar-refractivity contribution in [3.63, 3.8) is 0 Å². The second kappa shape index (κ2) is 13.3. The molecule has 1 fully saturated rings. The monoisotopic (exact) mass is 445 g/mol. The highest BCUT2D eigenvalue weighted by molar-refractivity contribution is 5.73. The molecule has 178 valence electrons. The van der Waals surface area contributed by atoms with Crippen LogP contribution >= 0.6 is 0 Å². The van der Waals surface area contributed by atoms with Crippen LogP contribution in [0, 0.1) is 5.92 Å². The summed E-state index contributed by atoms with van der Waals surface area (Å²) in [6, 6.07) is -0.926. The molecule has 0 aromatic rings. The van der Waals surface area contributed by atoms with Crippen LogP contribution in [0.1, 0.15) is 60.8 Å².